The van der Waals surface area contributed by atoms with Crippen molar-refractivity contribution in [3.05, 3.63) is 0 Å². The summed E-state index contributed by atoms with van der Waals surface area (Å²) in [7, 11) is 2.00. The molecule has 0 bridgehead atoms. The second-order valence-electron chi connectivity index (χ2n) is 5.71. The molecule has 0 saturated carbocycles. The average Bonchev–Trinajstić information content (AvgIpc) is 2.90. The minimum Gasteiger partial charge on any atom is -0.341 e. The summed E-state index contributed by atoms with van der Waals surface area (Å²) in [6.07, 6.45) is 3.68. The second kappa shape index (κ2) is 7.01. The number of hydrogen-bond donors (Lipinski definition) is 0. The summed E-state index contributed by atoms with van der Waals surface area (Å²) in [6, 6.07) is 0. The van der Waals surface area contributed by atoms with Gasteiger partial charge in [-0.1, -0.05) is 0 Å². The molecule has 2 saturated heterocycles. The van der Waals surface area contributed by atoms with Crippen molar-refractivity contribution in [2.24, 2.45) is 0 Å². The monoisotopic (exact) mass is 267 g/mol. The highest BCUT2D eigenvalue weighted by Crippen LogP contribution is 2.08. The van der Waals surface area contributed by atoms with Crippen molar-refractivity contribution in [1.82, 2.24) is 14.7 Å². The second-order valence-corrected chi connectivity index (χ2v) is 5.71. The van der Waals surface area contributed by atoms with Crippen molar-refractivity contribution in [2.75, 3.05) is 52.9 Å². The van der Waals surface area contributed by atoms with E-state index in [-0.39, 0.29) is 11.7 Å². The number of carbonyl (C=O) groups excluding carboxylic acids is 2. The lowest BCUT2D eigenvalue weighted by Crippen LogP contribution is -2.44. The van der Waals surface area contributed by atoms with E-state index in [0.29, 0.717) is 32.5 Å². The fraction of sp³-hybridized carbons (Fsp3) is 0.857. The van der Waals surface area contributed by atoms with Crippen LogP contribution in [0.2, 0.25) is 0 Å². The maximum absolute atomic E-state index is 12.1. The van der Waals surface area contributed by atoms with Gasteiger partial charge in [-0.25, -0.2) is 0 Å². The number of piperidine rings is 1. The highest BCUT2D eigenvalue weighted by atomic mass is 16.2. The van der Waals surface area contributed by atoms with Gasteiger partial charge < -0.3 is 9.80 Å². The summed E-state index contributed by atoms with van der Waals surface area (Å²) in [5.74, 6) is 0.447. The summed E-state index contributed by atoms with van der Waals surface area (Å²) < 4.78 is 0. The maximum Gasteiger partial charge on any atom is 0.236 e. The molecule has 2 rings (SSSR count). The van der Waals surface area contributed by atoms with Gasteiger partial charge >= 0.3 is 0 Å². The van der Waals surface area contributed by atoms with Crippen LogP contribution < -0.4 is 0 Å². The maximum atomic E-state index is 12.1. The lowest BCUT2D eigenvalue weighted by molar-refractivity contribution is -0.135. The summed E-state index contributed by atoms with van der Waals surface area (Å²) in [4.78, 5) is 29.6. The van der Waals surface area contributed by atoms with Gasteiger partial charge in [0.25, 0.3) is 0 Å². The summed E-state index contributed by atoms with van der Waals surface area (Å²) >= 11 is 0. The van der Waals surface area contributed by atoms with Crippen molar-refractivity contribution in [2.45, 2.75) is 25.7 Å². The van der Waals surface area contributed by atoms with Crippen LogP contribution in [-0.4, -0.2) is 79.3 Å². The molecule has 2 aliphatic rings. The fourth-order valence-corrected chi connectivity index (χ4v) is 2.73. The Morgan fingerprint density at radius 2 is 1.79 bits per heavy atom. The Morgan fingerprint density at radius 3 is 2.42 bits per heavy atom. The van der Waals surface area contributed by atoms with Gasteiger partial charge in [-0.3, -0.25) is 14.5 Å². The standard InChI is InChI=1S/C14H25N3O2/c1-15(10-11-16-6-2-3-7-16)12-14(19)17-8-4-13(18)5-9-17/h2-12H2,1H3. The number of hydrogen-bond acceptors (Lipinski definition) is 4. The molecule has 0 N–H and O–H groups in total. The molecule has 1 amide bonds. The summed E-state index contributed by atoms with van der Waals surface area (Å²) in [5, 5.41) is 0. The van der Waals surface area contributed by atoms with E-state index in [0.717, 1.165) is 13.1 Å². The van der Waals surface area contributed by atoms with Crippen molar-refractivity contribution < 1.29 is 9.59 Å². The highest BCUT2D eigenvalue weighted by molar-refractivity contribution is 5.84. The number of carbonyl (C=O) groups is 2. The molecule has 5 nitrogen and oxygen atoms in total. The number of nitrogens with zero attached hydrogens (tertiary/aromatic N) is 3. The van der Waals surface area contributed by atoms with E-state index in [1.54, 1.807) is 0 Å². The van der Waals surface area contributed by atoms with E-state index in [1.165, 1.54) is 25.9 Å². The van der Waals surface area contributed by atoms with E-state index in [2.05, 4.69) is 9.80 Å². The molecular formula is C14H25N3O2. The van der Waals surface area contributed by atoms with Crippen LogP contribution in [0.25, 0.3) is 0 Å². The zero-order chi connectivity index (χ0) is 13.7. The van der Waals surface area contributed by atoms with Crippen molar-refractivity contribution in [3.63, 3.8) is 0 Å². The average molecular weight is 267 g/mol. The Balaban J connectivity index is 1.64. The van der Waals surface area contributed by atoms with Gasteiger partial charge in [0, 0.05) is 39.0 Å². The molecule has 0 aromatic carbocycles. The van der Waals surface area contributed by atoms with E-state index in [4.69, 9.17) is 0 Å². The molecule has 0 aliphatic carbocycles. The van der Waals surface area contributed by atoms with Crippen molar-refractivity contribution in [1.29, 1.82) is 0 Å². The molecule has 0 unspecified atom stereocenters. The normalized spacial score (nSPS) is 21.4. The van der Waals surface area contributed by atoms with Crippen LogP contribution in [0.1, 0.15) is 25.7 Å². The molecule has 2 fully saturated rings. The number of likely N-dealkylation sites (tertiary alicyclic amines) is 2. The third kappa shape index (κ3) is 4.58. The molecule has 0 aromatic rings. The van der Waals surface area contributed by atoms with Crippen LogP contribution >= 0.6 is 0 Å². The molecule has 0 aromatic heterocycles. The third-order valence-electron chi connectivity index (χ3n) is 4.08. The topological polar surface area (TPSA) is 43.9 Å². The number of likely N-dealkylation sites (N-methyl/N-ethyl adjacent to an activating group) is 1. The number of Topliss-reactive ketones (excluding diaryl/α,β-unsaturated/α-hetero) is 1. The SMILES string of the molecule is CN(CCN1CCCC1)CC(=O)N1CCC(=O)CC1. The van der Waals surface area contributed by atoms with Crippen molar-refractivity contribution >= 4 is 11.7 Å². The molecule has 0 atom stereocenters. The molecule has 0 spiro atoms. The van der Waals surface area contributed by atoms with Gasteiger partial charge in [0.15, 0.2) is 0 Å². The number of amides is 1. The van der Waals surface area contributed by atoms with Gasteiger partial charge in [-0.15, -0.1) is 0 Å². The molecule has 19 heavy (non-hydrogen) atoms. The molecular weight excluding hydrogens is 242 g/mol. The molecule has 108 valence electrons. The first-order valence-corrected chi connectivity index (χ1v) is 7.35. The Morgan fingerprint density at radius 1 is 1.16 bits per heavy atom. The quantitative estimate of drug-likeness (QED) is 0.714. The lowest BCUT2D eigenvalue weighted by Gasteiger charge is -2.28. The third-order valence-corrected chi connectivity index (χ3v) is 4.08. The van der Waals surface area contributed by atoms with Gasteiger partial charge in [0.1, 0.15) is 5.78 Å². The van der Waals surface area contributed by atoms with Gasteiger partial charge in [-0.05, 0) is 33.0 Å². The first kappa shape index (κ1) is 14.5. The van der Waals surface area contributed by atoms with Gasteiger partial charge in [-0.2, -0.15) is 0 Å². The van der Waals surface area contributed by atoms with E-state index in [9.17, 15) is 9.59 Å². The van der Waals surface area contributed by atoms with E-state index >= 15 is 0 Å². The summed E-state index contributed by atoms with van der Waals surface area (Å²) in [5.41, 5.74) is 0. The molecule has 5 heteroatoms. The zero-order valence-electron chi connectivity index (χ0n) is 11.9. The van der Waals surface area contributed by atoms with Crippen molar-refractivity contribution in [3.8, 4) is 0 Å². The smallest absolute Gasteiger partial charge is 0.236 e. The van der Waals surface area contributed by atoms with Crippen LogP contribution in [0.3, 0.4) is 0 Å². The minimum absolute atomic E-state index is 0.163. The van der Waals surface area contributed by atoms with Gasteiger partial charge in [0.05, 0.1) is 6.54 Å². The first-order valence-electron chi connectivity index (χ1n) is 7.35. The molecule has 0 radical (unpaired) electrons. The number of rotatable bonds is 5. The lowest BCUT2D eigenvalue weighted by atomic mass is 10.1. The Kier molecular flexibility index (Phi) is 5.34. The largest absolute Gasteiger partial charge is 0.341 e. The van der Waals surface area contributed by atoms with Crippen LogP contribution in [-0.2, 0) is 9.59 Å². The minimum atomic E-state index is 0.163. The van der Waals surface area contributed by atoms with Crippen LogP contribution in [0.4, 0.5) is 0 Å². The fourth-order valence-electron chi connectivity index (χ4n) is 2.73. The Bertz CT molecular complexity index is 317. The predicted molar refractivity (Wildman–Crippen MR) is 74.0 cm³/mol. The Labute approximate surface area is 115 Å². The molecule has 2 aliphatic heterocycles. The van der Waals surface area contributed by atoms with Crippen LogP contribution in [0.5, 0.6) is 0 Å². The zero-order valence-corrected chi connectivity index (χ0v) is 11.9. The van der Waals surface area contributed by atoms with Crippen LogP contribution in [0, 0.1) is 0 Å². The summed E-state index contributed by atoms with van der Waals surface area (Å²) in [6.45, 7) is 6.10. The molecule has 2 heterocycles. The van der Waals surface area contributed by atoms with Crippen LogP contribution in [0.15, 0.2) is 0 Å². The van der Waals surface area contributed by atoms with E-state index < -0.39 is 0 Å². The first-order chi connectivity index (χ1) is 9.15. The number of ketones is 1. The highest BCUT2D eigenvalue weighted by Gasteiger charge is 2.21. The predicted octanol–water partition coefficient (Wildman–Crippen LogP) is 0.206. The van der Waals surface area contributed by atoms with E-state index in [1.807, 2.05) is 11.9 Å². The van der Waals surface area contributed by atoms with Gasteiger partial charge in [0.2, 0.25) is 5.91 Å². The Hall–Kier alpha value is -0.940.